The maximum Gasteiger partial charge on any atom is 0.175 e. The number of hydrogen-bond donors (Lipinski definition) is 3. The van der Waals surface area contributed by atoms with Gasteiger partial charge in [0.25, 0.3) is 0 Å². The monoisotopic (exact) mass is 309 g/mol. The van der Waals surface area contributed by atoms with Gasteiger partial charge in [0, 0.05) is 28.7 Å². The van der Waals surface area contributed by atoms with E-state index in [1.165, 1.54) is 48.2 Å². The van der Waals surface area contributed by atoms with Crippen LogP contribution in [0.5, 0.6) is 0 Å². The normalized spacial score (nSPS) is 21.6. The van der Waals surface area contributed by atoms with Gasteiger partial charge in [0.2, 0.25) is 0 Å². The van der Waals surface area contributed by atoms with Gasteiger partial charge in [-0.05, 0) is 12.1 Å². The number of piperazine rings is 1. The van der Waals surface area contributed by atoms with Crippen molar-refractivity contribution < 1.29 is 14.8 Å². The molecule has 3 heterocycles. The third-order valence-corrected chi connectivity index (χ3v) is 5.01. The first-order valence-electron chi connectivity index (χ1n) is 8.55. The number of rotatable bonds is 4. The lowest BCUT2D eigenvalue weighted by atomic mass is 10.1. The van der Waals surface area contributed by atoms with Crippen LogP contribution in [0.2, 0.25) is 0 Å². The number of H-pyrrole nitrogens is 2. The van der Waals surface area contributed by atoms with Crippen LogP contribution >= 0.6 is 0 Å². The summed E-state index contributed by atoms with van der Waals surface area (Å²) in [5.41, 5.74) is 4.12. The van der Waals surface area contributed by atoms with E-state index in [2.05, 4.69) is 58.8 Å². The molecule has 0 aliphatic carbocycles. The zero-order valence-corrected chi connectivity index (χ0v) is 13.4. The van der Waals surface area contributed by atoms with Crippen LogP contribution in [0.1, 0.15) is 11.1 Å². The van der Waals surface area contributed by atoms with Crippen molar-refractivity contribution in [2.75, 3.05) is 26.2 Å². The Hall–Kier alpha value is -2.17. The molecule has 0 unspecified atom stereocenters. The molecule has 23 heavy (non-hydrogen) atoms. The molecule has 0 amide bonds. The number of hydrogen-bond acceptors (Lipinski definition) is 0. The van der Waals surface area contributed by atoms with Crippen LogP contribution in [0, 0.1) is 0 Å². The van der Waals surface area contributed by atoms with Crippen molar-refractivity contribution in [1.29, 1.82) is 0 Å². The summed E-state index contributed by atoms with van der Waals surface area (Å²) in [5.74, 6) is 0. The number of quaternary nitrogens is 2. The summed E-state index contributed by atoms with van der Waals surface area (Å²) in [7, 11) is 0. The van der Waals surface area contributed by atoms with Crippen molar-refractivity contribution in [3.8, 4) is 0 Å². The fourth-order valence-electron chi connectivity index (χ4n) is 3.69. The summed E-state index contributed by atoms with van der Waals surface area (Å²) in [6.45, 7) is 7.30. The Bertz CT molecular complexity index is 757. The average Bonchev–Trinajstić information content (AvgIpc) is 3.01. The molecule has 2 aromatic heterocycles. The van der Waals surface area contributed by atoms with Crippen molar-refractivity contribution in [2.24, 2.45) is 0 Å². The molecule has 4 nitrogen and oxygen atoms in total. The second-order valence-corrected chi connectivity index (χ2v) is 6.62. The van der Waals surface area contributed by atoms with Gasteiger partial charge in [0.15, 0.2) is 12.4 Å². The molecule has 0 saturated carbocycles. The second kappa shape index (κ2) is 6.52. The zero-order chi connectivity index (χ0) is 15.5. The van der Waals surface area contributed by atoms with Gasteiger partial charge in [0.05, 0.1) is 5.56 Å². The molecular formula is C19H25N4+3. The van der Waals surface area contributed by atoms with Crippen molar-refractivity contribution in [3.05, 3.63) is 66.1 Å². The Kier molecular flexibility index (Phi) is 4.09. The smallest absolute Gasteiger partial charge is 0.175 e. The number of para-hydroxylation sites is 1. The molecule has 4 heteroatoms. The molecule has 4 rings (SSSR count). The van der Waals surface area contributed by atoms with Gasteiger partial charge in [-0.2, -0.15) is 0 Å². The first kappa shape index (κ1) is 14.4. The number of aromatic amines is 2. The van der Waals surface area contributed by atoms with Gasteiger partial charge in [-0.3, -0.25) is 0 Å². The predicted octanol–water partition coefficient (Wildman–Crippen LogP) is -0.534. The van der Waals surface area contributed by atoms with E-state index in [0.29, 0.717) is 0 Å². The highest BCUT2D eigenvalue weighted by Crippen LogP contribution is 2.16. The molecule has 1 aliphatic rings. The molecule has 1 aromatic carbocycles. The maximum atomic E-state index is 3.40. The number of nitrogens with one attached hydrogen (secondary N) is 4. The van der Waals surface area contributed by atoms with Crippen molar-refractivity contribution in [3.63, 3.8) is 0 Å². The molecule has 1 aliphatic heterocycles. The molecule has 0 atom stereocenters. The maximum absolute atomic E-state index is 3.40. The fourth-order valence-corrected chi connectivity index (χ4v) is 3.69. The first-order valence-corrected chi connectivity index (χ1v) is 8.55. The van der Waals surface area contributed by atoms with E-state index in [1.807, 2.05) is 6.20 Å². The van der Waals surface area contributed by atoms with E-state index in [4.69, 9.17) is 0 Å². The third kappa shape index (κ3) is 3.28. The number of pyridine rings is 1. The van der Waals surface area contributed by atoms with Crippen LogP contribution in [-0.4, -0.2) is 31.2 Å². The van der Waals surface area contributed by atoms with Crippen LogP contribution in [0.4, 0.5) is 0 Å². The highest BCUT2D eigenvalue weighted by atomic mass is 15.3. The molecule has 0 spiro atoms. The Labute approximate surface area is 136 Å². The lowest BCUT2D eigenvalue weighted by Gasteiger charge is -2.29. The Balaban J connectivity index is 1.35. The summed E-state index contributed by atoms with van der Waals surface area (Å²) >= 11 is 0. The van der Waals surface area contributed by atoms with Crippen LogP contribution in [0.15, 0.2) is 55.0 Å². The minimum absolute atomic E-state index is 1.14. The number of benzene rings is 1. The van der Waals surface area contributed by atoms with Crippen LogP contribution in [0.25, 0.3) is 10.9 Å². The fraction of sp³-hybridized carbons (Fsp3) is 0.316. The van der Waals surface area contributed by atoms with Crippen LogP contribution in [-0.2, 0) is 13.1 Å². The van der Waals surface area contributed by atoms with Gasteiger partial charge in [-0.1, -0.05) is 18.2 Å². The van der Waals surface area contributed by atoms with E-state index in [1.54, 1.807) is 9.80 Å². The molecule has 4 N–H and O–H groups in total. The Morgan fingerprint density at radius 2 is 1.70 bits per heavy atom. The second-order valence-electron chi connectivity index (χ2n) is 6.62. The molecular weight excluding hydrogens is 284 g/mol. The van der Waals surface area contributed by atoms with Gasteiger partial charge in [-0.15, -0.1) is 0 Å². The molecule has 3 aromatic rings. The zero-order valence-electron chi connectivity index (χ0n) is 13.4. The summed E-state index contributed by atoms with van der Waals surface area (Å²) in [5, 5.41) is 1.38. The van der Waals surface area contributed by atoms with E-state index in [9.17, 15) is 0 Å². The van der Waals surface area contributed by atoms with Crippen LogP contribution in [0.3, 0.4) is 0 Å². The topological polar surface area (TPSA) is 38.8 Å². The van der Waals surface area contributed by atoms with E-state index >= 15 is 0 Å². The Morgan fingerprint density at radius 3 is 2.48 bits per heavy atom. The molecule has 1 fully saturated rings. The van der Waals surface area contributed by atoms with Gasteiger partial charge >= 0.3 is 0 Å². The average molecular weight is 309 g/mol. The van der Waals surface area contributed by atoms with Crippen molar-refractivity contribution >= 4 is 10.9 Å². The van der Waals surface area contributed by atoms with Gasteiger partial charge in [0.1, 0.15) is 39.3 Å². The first-order chi connectivity index (χ1) is 11.4. The van der Waals surface area contributed by atoms with E-state index in [0.717, 1.165) is 13.1 Å². The minimum atomic E-state index is 1.14. The van der Waals surface area contributed by atoms with Crippen LogP contribution < -0.4 is 14.8 Å². The van der Waals surface area contributed by atoms with E-state index < -0.39 is 0 Å². The number of fused-ring (bicyclic) bond motifs is 1. The quantitative estimate of drug-likeness (QED) is 0.580. The summed E-state index contributed by atoms with van der Waals surface area (Å²) in [6.07, 6.45) is 6.29. The molecule has 0 bridgehead atoms. The largest absolute Gasteiger partial charge is 0.361 e. The molecule has 0 radical (unpaired) electrons. The highest BCUT2D eigenvalue weighted by Gasteiger charge is 2.24. The standard InChI is InChI=1S/C19H22N4/c1-2-6-19-18(5-1)17(13-21-19)15-23-10-8-22(9-11-23)14-16-4-3-7-20-12-16/h1-7,12-13,21H,8-11,14-15H2/p+3. The van der Waals surface area contributed by atoms with Crippen molar-refractivity contribution in [2.45, 2.75) is 13.1 Å². The predicted molar refractivity (Wildman–Crippen MR) is 90.1 cm³/mol. The lowest BCUT2D eigenvalue weighted by molar-refractivity contribution is -1.02. The Morgan fingerprint density at radius 1 is 0.913 bits per heavy atom. The highest BCUT2D eigenvalue weighted by molar-refractivity contribution is 5.82. The number of aromatic nitrogens is 2. The molecule has 118 valence electrons. The lowest BCUT2D eigenvalue weighted by Crippen LogP contribution is -3.27. The van der Waals surface area contributed by atoms with Crippen molar-refractivity contribution in [1.82, 2.24) is 4.98 Å². The summed E-state index contributed by atoms with van der Waals surface area (Å²) < 4.78 is 0. The molecule has 1 saturated heterocycles. The third-order valence-electron chi connectivity index (χ3n) is 5.01. The van der Waals surface area contributed by atoms with Gasteiger partial charge < -0.3 is 14.8 Å². The van der Waals surface area contributed by atoms with E-state index in [-0.39, 0.29) is 0 Å². The SMILES string of the molecule is c1c[nH+]cc(C[NH+]2CC[NH+](Cc3c[nH]c4ccccc34)CC2)c1. The summed E-state index contributed by atoms with van der Waals surface area (Å²) in [6, 6.07) is 12.9. The summed E-state index contributed by atoms with van der Waals surface area (Å²) in [4.78, 5) is 9.99. The van der Waals surface area contributed by atoms with Gasteiger partial charge in [-0.25, -0.2) is 4.98 Å². The minimum Gasteiger partial charge on any atom is -0.361 e.